The molecule has 1 aliphatic rings. The molecule has 144 valence electrons. The number of alkyl halides is 2. The topological polar surface area (TPSA) is 95.0 Å². The van der Waals surface area contributed by atoms with Crippen molar-refractivity contribution in [3.63, 3.8) is 0 Å². The molecule has 0 amide bonds. The Labute approximate surface area is 154 Å². The summed E-state index contributed by atoms with van der Waals surface area (Å²) in [5.41, 5.74) is -0.366. The van der Waals surface area contributed by atoms with Gasteiger partial charge >= 0.3 is 6.61 Å². The van der Waals surface area contributed by atoms with E-state index in [-0.39, 0.29) is 35.4 Å². The van der Waals surface area contributed by atoms with Crippen molar-refractivity contribution in [3.05, 3.63) is 47.0 Å². The van der Waals surface area contributed by atoms with Crippen molar-refractivity contribution >= 4 is 15.7 Å². The van der Waals surface area contributed by atoms with E-state index in [2.05, 4.69) is 14.4 Å². The van der Waals surface area contributed by atoms with E-state index in [0.717, 1.165) is 12.1 Å². The number of nitrogens with zero attached hydrogens (tertiary/aromatic N) is 1. The number of benzene rings is 1. The molecule has 3 rings (SSSR count). The Morgan fingerprint density at radius 2 is 2.15 bits per heavy atom. The molecule has 0 aliphatic heterocycles. The van der Waals surface area contributed by atoms with Gasteiger partial charge in [0.15, 0.2) is 0 Å². The van der Waals surface area contributed by atoms with Gasteiger partial charge < -0.3 is 9.72 Å². The number of hydrogen-bond acceptors (Lipinski definition) is 4. The summed E-state index contributed by atoms with van der Waals surface area (Å²) >= 11 is 0. The van der Waals surface area contributed by atoms with Gasteiger partial charge in [-0.15, -0.1) is 0 Å². The number of fused-ring (bicyclic) bond motifs is 1. The van der Waals surface area contributed by atoms with Gasteiger partial charge in [-0.25, -0.2) is 12.8 Å². The zero-order valence-electron chi connectivity index (χ0n) is 14.2. The van der Waals surface area contributed by atoms with Gasteiger partial charge in [0.2, 0.25) is 0 Å². The summed E-state index contributed by atoms with van der Waals surface area (Å²) in [4.78, 5) is 2.73. The fourth-order valence-electron chi connectivity index (χ4n) is 3.18. The third-order valence-electron chi connectivity index (χ3n) is 4.50. The Balaban J connectivity index is 1.87. The second-order valence-electron chi connectivity index (χ2n) is 6.53. The summed E-state index contributed by atoms with van der Waals surface area (Å²) in [5.74, 6) is -0.875. The van der Waals surface area contributed by atoms with Crippen molar-refractivity contribution in [1.29, 1.82) is 5.26 Å². The van der Waals surface area contributed by atoms with Gasteiger partial charge in [-0.2, -0.15) is 14.0 Å². The number of aromatic amines is 1. The van der Waals surface area contributed by atoms with E-state index >= 15 is 0 Å². The van der Waals surface area contributed by atoms with Gasteiger partial charge in [-0.05, 0) is 43.5 Å². The average molecular weight is 399 g/mol. The molecule has 1 unspecified atom stereocenters. The molecular formula is C17H16F3N3O3S. The first-order valence-corrected chi connectivity index (χ1v) is 9.49. The molecule has 1 heterocycles. The van der Waals surface area contributed by atoms with Gasteiger partial charge in [-0.3, -0.25) is 4.72 Å². The molecule has 2 aromatic rings. The molecule has 0 bridgehead atoms. The zero-order valence-corrected chi connectivity index (χ0v) is 15.0. The minimum atomic E-state index is -4.11. The maximum absolute atomic E-state index is 14.0. The third-order valence-corrected chi connectivity index (χ3v) is 5.93. The summed E-state index contributed by atoms with van der Waals surface area (Å²) in [6.45, 7) is -1.38. The molecule has 10 heteroatoms. The van der Waals surface area contributed by atoms with Crippen molar-refractivity contribution in [2.45, 2.75) is 43.3 Å². The van der Waals surface area contributed by atoms with E-state index in [1.165, 1.54) is 12.3 Å². The number of ether oxygens (including phenoxy) is 1. The predicted octanol–water partition coefficient (Wildman–Crippen LogP) is 3.31. The Morgan fingerprint density at radius 1 is 1.41 bits per heavy atom. The van der Waals surface area contributed by atoms with Gasteiger partial charge in [-0.1, -0.05) is 0 Å². The highest BCUT2D eigenvalue weighted by Gasteiger charge is 2.37. The van der Waals surface area contributed by atoms with Crippen LogP contribution in [-0.2, 0) is 27.6 Å². The molecule has 1 aromatic carbocycles. The van der Waals surface area contributed by atoms with E-state index in [0.29, 0.717) is 11.3 Å². The Kier molecular flexibility index (Phi) is 4.92. The lowest BCUT2D eigenvalue weighted by Crippen LogP contribution is -2.37. The number of hydrogen-bond donors (Lipinski definition) is 2. The molecule has 0 saturated heterocycles. The van der Waals surface area contributed by atoms with E-state index in [4.69, 9.17) is 5.26 Å². The third kappa shape index (κ3) is 3.94. The number of nitriles is 1. The van der Waals surface area contributed by atoms with E-state index in [1.807, 2.05) is 0 Å². The molecule has 0 saturated carbocycles. The number of halogens is 3. The molecule has 1 atom stereocenters. The first kappa shape index (κ1) is 19.3. The first-order valence-electron chi connectivity index (χ1n) is 8.01. The van der Waals surface area contributed by atoms with Gasteiger partial charge in [0.05, 0.1) is 22.9 Å². The quantitative estimate of drug-likeness (QED) is 0.806. The number of nitrogens with one attached hydrogen (secondary N) is 2. The SMILES string of the molecule is CC1(OC(F)F)CCc2c(S(=O)(=O)Nc3ccc(C#N)cc3F)c[nH]c2C1. The Morgan fingerprint density at radius 3 is 2.78 bits per heavy atom. The van der Waals surface area contributed by atoms with E-state index in [1.54, 1.807) is 13.0 Å². The summed E-state index contributed by atoms with van der Waals surface area (Å²) in [6.07, 6.45) is 1.79. The normalized spacial score (nSPS) is 19.6. The van der Waals surface area contributed by atoms with Crippen LogP contribution in [0.1, 0.15) is 30.2 Å². The molecule has 0 fully saturated rings. The number of aromatic nitrogens is 1. The van der Waals surface area contributed by atoms with Crippen molar-refractivity contribution in [1.82, 2.24) is 4.98 Å². The zero-order chi connectivity index (χ0) is 19.8. The summed E-state index contributed by atoms with van der Waals surface area (Å²) in [5, 5.41) is 8.75. The lowest BCUT2D eigenvalue weighted by atomic mass is 9.85. The van der Waals surface area contributed by atoms with Gasteiger partial charge in [0, 0.05) is 18.3 Å². The number of H-pyrrole nitrogens is 1. The maximum Gasteiger partial charge on any atom is 0.345 e. The van der Waals surface area contributed by atoms with Crippen LogP contribution < -0.4 is 4.72 Å². The molecule has 2 N–H and O–H groups in total. The lowest BCUT2D eigenvalue weighted by molar-refractivity contribution is -0.206. The Bertz CT molecular complexity index is 1010. The van der Waals surface area contributed by atoms with Crippen molar-refractivity contribution in [2.75, 3.05) is 4.72 Å². The van der Waals surface area contributed by atoms with Crippen molar-refractivity contribution < 1.29 is 26.3 Å². The van der Waals surface area contributed by atoms with E-state index in [9.17, 15) is 21.6 Å². The molecule has 27 heavy (non-hydrogen) atoms. The summed E-state index contributed by atoms with van der Waals surface area (Å²) in [7, 11) is -4.11. The second-order valence-corrected chi connectivity index (χ2v) is 8.18. The van der Waals surface area contributed by atoms with E-state index < -0.39 is 28.1 Å². The molecule has 1 aromatic heterocycles. The van der Waals surface area contributed by atoms with Crippen LogP contribution in [0, 0.1) is 17.1 Å². The minimum absolute atomic E-state index is 0.0628. The molecule has 1 aliphatic carbocycles. The fraction of sp³-hybridized carbons (Fsp3) is 0.353. The van der Waals surface area contributed by atoms with Crippen LogP contribution in [0.4, 0.5) is 18.9 Å². The van der Waals surface area contributed by atoms with Crippen molar-refractivity contribution in [2.24, 2.45) is 0 Å². The molecule has 0 radical (unpaired) electrons. The number of sulfonamides is 1. The van der Waals surface area contributed by atoms with Crippen molar-refractivity contribution in [3.8, 4) is 6.07 Å². The average Bonchev–Trinajstić information content (AvgIpc) is 2.98. The van der Waals surface area contributed by atoms with Crippen LogP contribution in [0.15, 0.2) is 29.3 Å². The maximum atomic E-state index is 14.0. The highest BCUT2D eigenvalue weighted by molar-refractivity contribution is 7.92. The molecular weight excluding hydrogens is 383 g/mol. The van der Waals surface area contributed by atoms with Crippen LogP contribution in [0.25, 0.3) is 0 Å². The van der Waals surface area contributed by atoms with Gasteiger partial charge in [0.25, 0.3) is 10.0 Å². The second kappa shape index (κ2) is 6.90. The minimum Gasteiger partial charge on any atom is -0.363 e. The van der Waals surface area contributed by atoms with Crippen LogP contribution in [0.5, 0.6) is 0 Å². The highest BCUT2D eigenvalue weighted by atomic mass is 32.2. The van der Waals surface area contributed by atoms with Crippen LogP contribution in [-0.4, -0.2) is 25.6 Å². The largest absolute Gasteiger partial charge is 0.363 e. The lowest BCUT2D eigenvalue weighted by Gasteiger charge is -2.33. The predicted molar refractivity (Wildman–Crippen MR) is 90.2 cm³/mol. The smallest absolute Gasteiger partial charge is 0.345 e. The monoisotopic (exact) mass is 399 g/mol. The standard InChI is InChI=1S/C17H16F3N3O3S/c1-17(26-16(19)20)5-4-11-14(7-17)22-9-15(11)27(24,25)23-13-3-2-10(8-21)6-12(13)18/h2-3,6,9,16,22-23H,4-5,7H2,1H3. The van der Waals surface area contributed by atoms with Gasteiger partial charge in [0.1, 0.15) is 10.7 Å². The molecule has 0 spiro atoms. The van der Waals surface area contributed by atoms with Crippen LogP contribution in [0.2, 0.25) is 0 Å². The molecule has 6 nitrogen and oxygen atoms in total. The van der Waals surface area contributed by atoms with Crippen LogP contribution >= 0.6 is 0 Å². The highest BCUT2D eigenvalue weighted by Crippen LogP contribution is 2.36. The summed E-state index contributed by atoms with van der Waals surface area (Å²) in [6, 6.07) is 5.15. The summed E-state index contributed by atoms with van der Waals surface area (Å²) < 4.78 is 71.3. The van der Waals surface area contributed by atoms with Crippen LogP contribution in [0.3, 0.4) is 0 Å². The number of rotatable bonds is 5. The first-order chi connectivity index (χ1) is 12.6. The Hall–Kier alpha value is -2.51. The fourth-order valence-corrected chi connectivity index (χ4v) is 4.51. The number of anilines is 1.